The van der Waals surface area contributed by atoms with E-state index in [2.05, 4.69) is 24.0 Å². The van der Waals surface area contributed by atoms with Crippen LogP contribution in [0.25, 0.3) is 0 Å². The molecule has 3 nitrogen and oxygen atoms in total. The first-order valence-corrected chi connectivity index (χ1v) is 6.68. The number of hydrogen-bond acceptors (Lipinski definition) is 3. The number of aliphatic hydroxyl groups is 1. The molecule has 0 aliphatic carbocycles. The SMILES string of the molecule is COc1ccc([C@H](C)N2CC[C@@H]([C@H](C)O)C2)cc1. The average Bonchev–Trinajstić information content (AvgIpc) is 2.88. The fraction of sp³-hybridized carbons (Fsp3) is 0.600. The minimum atomic E-state index is -0.196. The lowest BCUT2D eigenvalue weighted by Crippen LogP contribution is -2.26. The van der Waals surface area contributed by atoms with Gasteiger partial charge in [-0.05, 0) is 50.4 Å². The molecule has 0 unspecified atom stereocenters. The largest absolute Gasteiger partial charge is 0.497 e. The molecule has 1 fully saturated rings. The van der Waals surface area contributed by atoms with E-state index in [1.807, 2.05) is 19.1 Å². The van der Waals surface area contributed by atoms with E-state index >= 15 is 0 Å². The molecule has 1 aliphatic heterocycles. The highest BCUT2D eigenvalue weighted by atomic mass is 16.5. The van der Waals surface area contributed by atoms with Crippen molar-refractivity contribution in [2.75, 3.05) is 20.2 Å². The van der Waals surface area contributed by atoms with Gasteiger partial charge in [0.05, 0.1) is 13.2 Å². The second-order valence-electron chi connectivity index (χ2n) is 5.23. The molecule has 3 heteroatoms. The lowest BCUT2D eigenvalue weighted by atomic mass is 10.0. The van der Waals surface area contributed by atoms with Crippen molar-refractivity contribution in [1.29, 1.82) is 0 Å². The van der Waals surface area contributed by atoms with Crippen molar-refractivity contribution in [3.05, 3.63) is 29.8 Å². The smallest absolute Gasteiger partial charge is 0.118 e. The zero-order valence-corrected chi connectivity index (χ0v) is 11.5. The number of ether oxygens (including phenoxy) is 1. The van der Waals surface area contributed by atoms with E-state index in [4.69, 9.17) is 4.74 Å². The van der Waals surface area contributed by atoms with Crippen LogP contribution in [0.3, 0.4) is 0 Å². The normalized spacial score (nSPS) is 23.9. The van der Waals surface area contributed by atoms with Crippen molar-refractivity contribution in [2.45, 2.75) is 32.4 Å². The molecule has 1 heterocycles. The summed E-state index contributed by atoms with van der Waals surface area (Å²) in [5.41, 5.74) is 1.31. The molecule has 1 aliphatic rings. The van der Waals surface area contributed by atoms with Gasteiger partial charge in [0.1, 0.15) is 5.75 Å². The minimum absolute atomic E-state index is 0.196. The summed E-state index contributed by atoms with van der Waals surface area (Å²) in [7, 11) is 1.69. The highest BCUT2D eigenvalue weighted by molar-refractivity contribution is 5.29. The van der Waals surface area contributed by atoms with Crippen LogP contribution in [0.2, 0.25) is 0 Å². The van der Waals surface area contributed by atoms with E-state index in [0.717, 1.165) is 25.3 Å². The van der Waals surface area contributed by atoms with E-state index in [1.165, 1.54) is 5.56 Å². The number of hydrogen-bond donors (Lipinski definition) is 1. The first-order valence-electron chi connectivity index (χ1n) is 6.68. The molecule has 0 amide bonds. The van der Waals surface area contributed by atoms with Gasteiger partial charge < -0.3 is 9.84 Å². The monoisotopic (exact) mass is 249 g/mol. The summed E-state index contributed by atoms with van der Waals surface area (Å²) >= 11 is 0. The Kier molecular flexibility index (Phi) is 4.25. The van der Waals surface area contributed by atoms with Crippen molar-refractivity contribution >= 4 is 0 Å². The quantitative estimate of drug-likeness (QED) is 0.889. The third kappa shape index (κ3) is 2.85. The van der Waals surface area contributed by atoms with Crippen LogP contribution in [0.4, 0.5) is 0 Å². The second kappa shape index (κ2) is 5.72. The highest BCUT2D eigenvalue weighted by Gasteiger charge is 2.29. The predicted molar refractivity (Wildman–Crippen MR) is 72.8 cm³/mol. The lowest BCUT2D eigenvalue weighted by Gasteiger charge is -2.25. The molecule has 2 rings (SSSR count). The number of methoxy groups -OCH3 is 1. The predicted octanol–water partition coefficient (Wildman–Crippen LogP) is 2.46. The van der Waals surface area contributed by atoms with Crippen LogP contribution in [0, 0.1) is 5.92 Å². The second-order valence-corrected chi connectivity index (χ2v) is 5.23. The van der Waals surface area contributed by atoms with E-state index in [-0.39, 0.29) is 6.10 Å². The van der Waals surface area contributed by atoms with Crippen LogP contribution < -0.4 is 4.74 Å². The molecular formula is C15H23NO2. The average molecular weight is 249 g/mol. The van der Waals surface area contributed by atoms with Gasteiger partial charge in [0.15, 0.2) is 0 Å². The maximum atomic E-state index is 9.65. The van der Waals surface area contributed by atoms with Gasteiger partial charge in [-0.25, -0.2) is 0 Å². The standard InChI is InChI=1S/C15H23NO2/c1-11(13-4-6-15(18-3)7-5-13)16-9-8-14(10-16)12(2)17/h4-7,11-12,14,17H,8-10H2,1-3H3/t11-,12-,14+/m0/s1. The topological polar surface area (TPSA) is 32.7 Å². The zero-order chi connectivity index (χ0) is 13.1. The minimum Gasteiger partial charge on any atom is -0.497 e. The van der Waals surface area contributed by atoms with E-state index in [9.17, 15) is 5.11 Å². The molecule has 0 bridgehead atoms. The Balaban J connectivity index is 2.00. The first-order chi connectivity index (χ1) is 8.61. The molecular weight excluding hydrogens is 226 g/mol. The summed E-state index contributed by atoms with van der Waals surface area (Å²) in [6, 6.07) is 8.67. The number of likely N-dealkylation sites (tertiary alicyclic amines) is 1. The van der Waals surface area contributed by atoms with Crippen molar-refractivity contribution in [2.24, 2.45) is 5.92 Å². The summed E-state index contributed by atoms with van der Waals surface area (Å²) in [6.07, 6.45) is 0.899. The van der Waals surface area contributed by atoms with Crippen LogP contribution in [0.1, 0.15) is 31.9 Å². The van der Waals surface area contributed by atoms with E-state index < -0.39 is 0 Å². The van der Waals surface area contributed by atoms with Crippen LogP contribution in [-0.4, -0.2) is 36.3 Å². The molecule has 0 saturated carbocycles. The number of rotatable bonds is 4. The molecule has 0 spiro atoms. The Morgan fingerprint density at radius 1 is 1.28 bits per heavy atom. The van der Waals surface area contributed by atoms with E-state index in [1.54, 1.807) is 7.11 Å². The van der Waals surface area contributed by atoms with Gasteiger partial charge in [-0.1, -0.05) is 12.1 Å². The Morgan fingerprint density at radius 2 is 1.94 bits per heavy atom. The Labute approximate surface area is 109 Å². The van der Waals surface area contributed by atoms with Gasteiger partial charge in [0.25, 0.3) is 0 Å². The number of nitrogens with zero attached hydrogens (tertiary/aromatic N) is 1. The molecule has 0 aromatic heterocycles. The van der Waals surface area contributed by atoms with Gasteiger partial charge in [-0.15, -0.1) is 0 Å². The zero-order valence-electron chi connectivity index (χ0n) is 11.5. The summed E-state index contributed by atoms with van der Waals surface area (Å²) in [5, 5.41) is 9.65. The lowest BCUT2D eigenvalue weighted by molar-refractivity contribution is 0.123. The molecule has 0 radical (unpaired) electrons. The molecule has 100 valence electrons. The third-order valence-electron chi connectivity index (χ3n) is 4.08. The summed E-state index contributed by atoms with van der Waals surface area (Å²) < 4.78 is 5.18. The fourth-order valence-electron chi connectivity index (χ4n) is 2.65. The van der Waals surface area contributed by atoms with Crippen LogP contribution in [0.5, 0.6) is 5.75 Å². The van der Waals surface area contributed by atoms with Gasteiger partial charge in [0, 0.05) is 12.6 Å². The number of benzene rings is 1. The van der Waals surface area contributed by atoms with Crippen LogP contribution in [0.15, 0.2) is 24.3 Å². The first kappa shape index (κ1) is 13.4. The van der Waals surface area contributed by atoms with Gasteiger partial charge in [-0.3, -0.25) is 4.90 Å². The van der Waals surface area contributed by atoms with Crippen molar-refractivity contribution in [1.82, 2.24) is 4.90 Å². The Bertz CT molecular complexity index is 375. The molecule has 1 aromatic carbocycles. The van der Waals surface area contributed by atoms with Crippen molar-refractivity contribution < 1.29 is 9.84 Å². The highest BCUT2D eigenvalue weighted by Crippen LogP contribution is 2.29. The van der Waals surface area contributed by atoms with Crippen molar-refractivity contribution in [3.8, 4) is 5.75 Å². The van der Waals surface area contributed by atoms with Crippen LogP contribution >= 0.6 is 0 Å². The van der Waals surface area contributed by atoms with Crippen molar-refractivity contribution in [3.63, 3.8) is 0 Å². The summed E-state index contributed by atoms with van der Waals surface area (Å²) in [4.78, 5) is 2.44. The Morgan fingerprint density at radius 3 is 2.44 bits per heavy atom. The van der Waals surface area contributed by atoms with Gasteiger partial charge in [-0.2, -0.15) is 0 Å². The maximum Gasteiger partial charge on any atom is 0.118 e. The third-order valence-corrected chi connectivity index (χ3v) is 4.08. The van der Waals surface area contributed by atoms with E-state index in [0.29, 0.717) is 12.0 Å². The summed E-state index contributed by atoms with van der Waals surface area (Å²) in [6.45, 7) is 6.19. The molecule has 1 aromatic rings. The van der Waals surface area contributed by atoms with Gasteiger partial charge in [0.2, 0.25) is 0 Å². The molecule has 1 N–H and O–H groups in total. The molecule has 3 atom stereocenters. The Hall–Kier alpha value is -1.06. The van der Waals surface area contributed by atoms with Crippen LogP contribution in [-0.2, 0) is 0 Å². The molecule has 18 heavy (non-hydrogen) atoms. The van der Waals surface area contributed by atoms with Gasteiger partial charge >= 0.3 is 0 Å². The maximum absolute atomic E-state index is 9.65. The molecule has 1 saturated heterocycles. The fourth-order valence-corrected chi connectivity index (χ4v) is 2.65. The number of aliphatic hydroxyl groups excluding tert-OH is 1. The summed E-state index contributed by atoms with van der Waals surface area (Å²) in [5.74, 6) is 1.32.